The summed E-state index contributed by atoms with van der Waals surface area (Å²) < 4.78 is 3.75. The summed E-state index contributed by atoms with van der Waals surface area (Å²) >= 11 is 0. The van der Waals surface area contributed by atoms with Crippen molar-refractivity contribution in [3.05, 3.63) is 59.9 Å². The minimum atomic E-state index is -0.0630. The molecule has 1 saturated carbocycles. The van der Waals surface area contributed by atoms with E-state index < -0.39 is 0 Å². The maximum atomic E-state index is 12.7. The molecule has 2 aromatic heterocycles. The van der Waals surface area contributed by atoms with Crippen molar-refractivity contribution in [2.75, 3.05) is 0 Å². The fourth-order valence-electron chi connectivity index (χ4n) is 2.84. The largest absolute Gasteiger partial charge is 0.349 e. The zero-order valence-electron chi connectivity index (χ0n) is 13.9. The Kier molecular flexibility index (Phi) is 3.49. The standard InChI is InChI=1S/C19H20N4O/c1-13-5-3-6-15(11-13)23-18(19(24)20-14-8-9-14)12-16(21-23)17-7-4-10-22(17)2/h3-7,10-12,14H,8-9H2,1-2H3,(H,20,24). The van der Waals surface area contributed by atoms with Crippen LogP contribution in [0.5, 0.6) is 0 Å². The molecule has 0 bridgehead atoms. The van der Waals surface area contributed by atoms with Crippen molar-refractivity contribution in [3.8, 4) is 17.1 Å². The van der Waals surface area contributed by atoms with Crippen LogP contribution in [0.25, 0.3) is 17.1 Å². The Morgan fingerprint density at radius 2 is 2.04 bits per heavy atom. The average Bonchev–Trinajstić information content (AvgIpc) is 3.09. The van der Waals surface area contributed by atoms with Crippen molar-refractivity contribution in [2.45, 2.75) is 25.8 Å². The molecule has 0 unspecified atom stereocenters. The molecule has 0 aliphatic heterocycles. The lowest BCUT2D eigenvalue weighted by molar-refractivity contribution is 0.0943. The summed E-state index contributed by atoms with van der Waals surface area (Å²) in [6, 6.07) is 14.2. The van der Waals surface area contributed by atoms with E-state index in [-0.39, 0.29) is 5.91 Å². The summed E-state index contributed by atoms with van der Waals surface area (Å²) in [5.41, 5.74) is 4.39. The summed E-state index contributed by atoms with van der Waals surface area (Å²) in [4.78, 5) is 12.7. The number of benzene rings is 1. The summed E-state index contributed by atoms with van der Waals surface area (Å²) in [5, 5.41) is 7.77. The average molecular weight is 320 g/mol. The second-order valence-corrected chi connectivity index (χ2v) is 6.42. The predicted molar refractivity (Wildman–Crippen MR) is 93.2 cm³/mol. The highest BCUT2D eigenvalue weighted by molar-refractivity contribution is 5.94. The maximum absolute atomic E-state index is 12.7. The van der Waals surface area contributed by atoms with Crippen LogP contribution in [0.4, 0.5) is 0 Å². The van der Waals surface area contributed by atoms with Crippen LogP contribution in [0.1, 0.15) is 28.9 Å². The molecule has 5 nitrogen and oxygen atoms in total. The van der Waals surface area contributed by atoms with E-state index >= 15 is 0 Å². The van der Waals surface area contributed by atoms with Gasteiger partial charge in [-0.15, -0.1) is 0 Å². The molecular formula is C19H20N4O. The van der Waals surface area contributed by atoms with Crippen LogP contribution in [-0.4, -0.2) is 26.3 Å². The van der Waals surface area contributed by atoms with Crippen molar-refractivity contribution in [1.82, 2.24) is 19.7 Å². The Labute approximate surface area is 140 Å². The van der Waals surface area contributed by atoms with E-state index in [1.54, 1.807) is 4.68 Å². The van der Waals surface area contributed by atoms with Gasteiger partial charge in [0.25, 0.3) is 5.91 Å². The third-order valence-corrected chi connectivity index (χ3v) is 4.31. The molecule has 1 aliphatic carbocycles. The van der Waals surface area contributed by atoms with Crippen molar-refractivity contribution >= 4 is 5.91 Å². The molecule has 1 N–H and O–H groups in total. The summed E-state index contributed by atoms with van der Waals surface area (Å²) in [6.07, 6.45) is 4.11. The number of carbonyl (C=O) groups is 1. The summed E-state index contributed by atoms with van der Waals surface area (Å²) in [5.74, 6) is -0.0630. The van der Waals surface area contributed by atoms with E-state index in [0.717, 1.165) is 35.5 Å². The number of amides is 1. The van der Waals surface area contributed by atoms with Crippen LogP contribution >= 0.6 is 0 Å². The number of hydrogen-bond acceptors (Lipinski definition) is 2. The SMILES string of the molecule is Cc1cccc(-n2nc(-c3cccn3C)cc2C(=O)NC2CC2)c1. The van der Waals surface area contributed by atoms with E-state index in [2.05, 4.69) is 5.32 Å². The molecule has 1 amide bonds. The van der Waals surface area contributed by atoms with Crippen molar-refractivity contribution < 1.29 is 4.79 Å². The van der Waals surface area contributed by atoms with Gasteiger partial charge in [0.1, 0.15) is 11.4 Å². The zero-order chi connectivity index (χ0) is 16.7. The Balaban J connectivity index is 1.81. The molecular weight excluding hydrogens is 300 g/mol. The quantitative estimate of drug-likeness (QED) is 0.803. The van der Waals surface area contributed by atoms with Crippen LogP contribution in [0, 0.1) is 6.92 Å². The summed E-state index contributed by atoms with van der Waals surface area (Å²) in [7, 11) is 1.98. The van der Waals surface area contributed by atoms with Gasteiger partial charge < -0.3 is 9.88 Å². The first-order chi connectivity index (χ1) is 11.6. The smallest absolute Gasteiger partial charge is 0.270 e. The van der Waals surface area contributed by atoms with Gasteiger partial charge in [-0.2, -0.15) is 5.10 Å². The molecule has 122 valence electrons. The topological polar surface area (TPSA) is 51.9 Å². The lowest BCUT2D eigenvalue weighted by Gasteiger charge is -2.08. The molecule has 4 rings (SSSR count). The van der Waals surface area contributed by atoms with Gasteiger partial charge in [-0.05, 0) is 55.7 Å². The number of nitrogens with one attached hydrogen (secondary N) is 1. The monoisotopic (exact) mass is 320 g/mol. The maximum Gasteiger partial charge on any atom is 0.270 e. The highest BCUT2D eigenvalue weighted by atomic mass is 16.2. The first kappa shape index (κ1) is 14.8. The Hall–Kier alpha value is -2.82. The van der Waals surface area contributed by atoms with Gasteiger partial charge in [0.2, 0.25) is 0 Å². The second-order valence-electron chi connectivity index (χ2n) is 6.42. The van der Waals surface area contributed by atoms with Gasteiger partial charge in [0.05, 0.1) is 11.4 Å². The Morgan fingerprint density at radius 3 is 2.71 bits per heavy atom. The summed E-state index contributed by atoms with van der Waals surface area (Å²) in [6.45, 7) is 2.04. The highest BCUT2D eigenvalue weighted by Gasteiger charge is 2.26. The number of aromatic nitrogens is 3. The molecule has 1 fully saturated rings. The number of carbonyl (C=O) groups excluding carboxylic acids is 1. The molecule has 24 heavy (non-hydrogen) atoms. The van der Waals surface area contributed by atoms with Crippen LogP contribution < -0.4 is 5.32 Å². The van der Waals surface area contributed by atoms with Crippen LogP contribution in [-0.2, 0) is 7.05 Å². The number of rotatable bonds is 4. The van der Waals surface area contributed by atoms with E-state index in [0.29, 0.717) is 11.7 Å². The van der Waals surface area contributed by atoms with Crippen LogP contribution in [0.2, 0.25) is 0 Å². The van der Waals surface area contributed by atoms with Gasteiger partial charge >= 0.3 is 0 Å². The minimum absolute atomic E-state index is 0.0630. The minimum Gasteiger partial charge on any atom is -0.349 e. The Morgan fingerprint density at radius 1 is 1.21 bits per heavy atom. The van der Waals surface area contributed by atoms with Crippen LogP contribution in [0.15, 0.2) is 48.7 Å². The van der Waals surface area contributed by atoms with E-state index in [4.69, 9.17) is 5.10 Å². The fraction of sp³-hybridized carbons (Fsp3) is 0.263. The highest BCUT2D eigenvalue weighted by Crippen LogP contribution is 2.24. The van der Waals surface area contributed by atoms with Crippen molar-refractivity contribution in [2.24, 2.45) is 7.05 Å². The van der Waals surface area contributed by atoms with Gasteiger partial charge in [0, 0.05) is 19.3 Å². The van der Waals surface area contributed by atoms with E-state index in [1.807, 2.05) is 67.2 Å². The Bertz CT molecular complexity index is 902. The molecule has 1 aliphatic rings. The van der Waals surface area contributed by atoms with Crippen molar-refractivity contribution in [3.63, 3.8) is 0 Å². The molecule has 1 aromatic carbocycles. The lowest BCUT2D eigenvalue weighted by Crippen LogP contribution is -2.27. The van der Waals surface area contributed by atoms with Gasteiger partial charge in [0.15, 0.2) is 0 Å². The molecule has 2 heterocycles. The van der Waals surface area contributed by atoms with E-state index in [1.165, 1.54) is 0 Å². The number of hydrogen-bond donors (Lipinski definition) is 1. The molecule has 5 heteroatoms. The predicted octanol–water partition coefficient (Wildman–Crippen LogP) is 3.08. The third kappa shape index (κ3) is 2.73. The molecule has 0 radical (unpaired) electrons. The first-order valence-electron chi connectivity index (χ1n) is 8.21. The van der Waals surface area contributed by atoms with Gasteiger partial charge in [-0.3, -0.25) is 4.79 Å². The molecule has 0 saturated heterocycles. The molecule has 0 spiro atoms. The zero-order valence-corrected chi connectivity index (χ0v) is 13.9. The fourth-order valence-corrected chi connectivity index (χ4v) is 2.84. The molecule has 3 aromatic rings. The second kappa shape index (κ2) is 5.67. The first-order valence-corrected chi connectivity index (χ1v) is 8.21. The van der Waals surface area contributed by atoms with Gasteiger partial charge in [-0.25, -0.2) is 4.68 Å². The normalized spacial score (nSPS) is 13.9. The van der Waals surface area contributed by atoms with Crippen LogP contribution in [0.3, 0.4) is 0 Å². The lowest BCUT2D eigenvalue weighted by atomic mass is 10.2. The van der Waals surface area contributed by atoms with Crippen molar-refractivity contribution in [1.29, 1.82) is 0 Å². The number of nitrogens with zero attached hydrogens (tertiary/aromatic N) is 3. The number of aryl methyl sites for hydroxylation is 2. The van der Waals surface area contributed by atoms with E-state index in [9.17, 15) is 4.79 Å². The molecule has 0 atom stereocenters. The third-order valence-electron chi connectivity index (χ3n) is 4.31. The van der Waals surface area contributed by atoms with Gasteiger partial charge in [-0.1, -0.05) is 12.1 Å².